The van der Waals surface area contributed by atoms with Crippen molar-refractivity contribution in [2.75, 3.05) is 17.2 Å². The summed E-state index contributed by atoms with van der Waals surface area (Å²) in [5.41, 5.74) is 2.29. The molecule has 0 aliphatic carbocycles. The second-order valence-electron chi connectivity index (χ2n) is 5.53. The highest BCUT2D eigenvalue weighted by Crippen LogP contribution is 2.12. The van der Waals surface area contributed by atoms with Crippen LogP contribution >= 0.6 is 0 Å². The first-order valence-corrected chi connectivity index (χ1v) is 8.16. The number of hydrogen-bond donors (Lipinski definition) is 3. The molecule has 2 aromatic rings. The first-order chi connectivity index (χ1) is 11.7. The van der Waals surface area contributed by atoms with Gasteiger partial charge in [-0.3, -0.25) is 4.79 Å². The lowest BCUT2D eigenvalue weighted by atomic mass is 10.1. The standard InChI is InChI=1S/C19H23N3O2/c1-2-3-12-20-19(24)22-17-11-7-8-15(13-17)14-18(23)21-16-9-5-4-6-10-16/h4-11,13H,2-3,12,14H2,1H3,(H,21,23)(H2,20,22,24). The maximum Gasteiger partial charge on any atom is 0.319 e. The summed E-state index contributed by atoms with van der Waals surface area (Å²) in [6.45, 7) is 2.73. The molecule has 0 aromatic heterocycles. The molecule has 126 valence electrons. The second kappa shape index (κ2) is 9.35. The number of amides is 3. The fraction of sp³-hybridized carbons (Fsp3) is 0.263. The van der Waals surface area contributed by atoms with Gasteiger partial charge in [0, 0.05) is 17.9 Å². The molecule has 5 heteroatoms. The molecule has 2 aromatic carbocycles. The Hall–Kier alpha value is -2.82. The van der Waals surface area contributed by atoms with Crippen LogP contribution in [0.3, 0.4) is 0 Å². The number of benzene rings is 2. The zero-order valence-electron chi connectivity index (χ0n) is 13.8. The van der Waals surface area contributed by atoms with Crippen molar-refractivity contribution in [3.05, 3.63) is 60.2 Å². The van der Waals surface area contributed by atoms with Gasteiger partial charge in [0.15, 0.2) is 0 Å². The third-order valence-electron chi connectivity index (χ3n) is 3.42. The predicted octanol–water partition coefficient (Wildman–Crippen LogP) is 3.79. The van der Waals surface area contributed by atoms with Crippen molar-refractivity contribution < 1.29 is 9.59 Å². The van der Waals surface area contributed by atoms with Gasteiger partial charge < -0.3 is 16.0 Å². The molecule has 0 aliphatic rings. The van der Waals surface area contributed by atoms with Gasteiger partial charge in [0.1, 0.15) is 0 Å². The van der Waals surface area contributed by atoms with E-state index in [4.69, 9.17) is 0 Å². The fourth-order valence-electron chi connectivity index (χ4n) is 2.23. The van der Waals surface area contributed by atoms with E-state index in [9.17, 15) is 9.59 Å². The molecule has 0 spiro atoms. The molecule has 0 bridgehead atoms. The summed E-state index contributed by atoms with van der Waals surface area (Å²) < 4.78 is 0. The molecule has 0 heterocycles. The van der Waals surface area contributed by atoms with Crippen LogP contribution in [-0.2, 0) is 11.2 Å². The zero-order valence-corrected chi connectivity index (χ0v) is 13.8. The minimum absolute atomic E-state index is 0.0919. The number of carbonyl (C=O) groups excluding carboxylic acids is 2. The highest BCUT2D eigenvalue weighted by atomic mass is 16.2. The third kappa shape index (κ3) is 6.12. The van der Waals surface area contributed by atoms with E-state index in [1.165, 1.54) is 0 Å². The van der Waals surface area contributed by atoms with Crippen molar-refractivity contribution in [2.45, 2.75) is 26.2 Å². The summed E-state index contributed by atoms with van der Waals surface area (Å²) in [6.07, 6.45) is 2.24. The number of para-hydroxylation sites is 1. The van der Waals surface area contributed by atoms with Crippen LogP contribution in [-0.4, -0.2) is 18.5 Å². The molecular weight excluding hydrogens is 302 g/mol. The summed E-state index contributed by atoms with van der Waals surface area (Å²) in [6, 6.07) is 16.4. The van der Waals surface area contributed by atoms with Gasteiger partial charge >= 0.3 is 6.03 Å². The van der Waals surface area contributed by atoms with E-state index >= 15 is 0 Å². The zero-order chi connectivity index (χ0) is 17.2. The summed E-state index contributed by atoms with van der Waals surface area (Å²) in [5, 5.41) is 8.42. The van der Waals surface area contributed by atoms with Crippen LogP contribution in [0.2, 0.25) is 0 Å². The highest BCUT2D eigenvalue weighted by Gasteiger charge is 2.06. The van der Waals surface area contributed by atoms with Crippen LogP contribution in [0.4, 0.5) is 16.2 Å². The number of hydrogen-bond acceptors (Lipinski definition) is 2. The van der Waals surface area contributed by atoms with Gasteiger partial charge in [-0.2, -0.15) is 0 Å². The lowest BCUT2D eigenvalue weighted by Crippen LogP contribution is -2.29. The molecule has 0 fully saturated rings. The number of carbonyl (C=O) groups is 2. The lowest BCUT2D eigenvalue weighted by Gasteiger charge is -2.09. The Morgan fingerprint density at radius 2 is 1.67 bits per heavy atom. The summed E-state index contributed by atoms with van der Waals surface area (Å²) in [7, 11) is 0. The number of urea groups is 1. The van der Waals surface area contributed by atoms with E-state index in [1.54, 1.807) is 6.07 Å². The van der Waals surface area contributed by atoms with Gasteiger partial charge in [0.2, 0.25) is 5.91 Å². The lowest BCUT2D eigenvalue weighted by molar-refractivity contribution is -0.115. The SMILES string of the molecule is CCCCNC(=O)Nc1cccc(CC(=O)Nc2ccccc2)c1. The van der Waals surface area contributed by atoms with Crippen molar-refractivity contribution in [3.63, 3.8) is 0 Å². The Morgan fingerprint density at radius 1 is 0.917 bits per heavy atom. The number of rotatable bonds is 7. The number of anilines is 2. The van der Waals surface area contributed by atoms with E-state index in [1.807, 2.05) is 48.5 Å². The Balaban J connectivity index is 1.87. The van der Waals surface area contributed by atoms with Crippen LogP contribution in [0.5, 0.6) is 0 Å². The molecule has 0 saturated heterocycles. The molecular formula is C19H23N3O2. The van der Waals surface area contributed by atoms with E-state index in [0.29, 0.717) is 12.2 Å². The van der Waals surface area contributed by atoms with Gasteiger partial charge in [0.25, 0.3) is 0 Å². The van der Waals surface area contributed by atoms with Crippen LogP contribution in [0, 0.1) is 0 Å². The highest BCUT2D eigenvalue weighted by molar-refractivity contribution is 5.93. The first kappa shape index (κ1) is 17.5. The van der Waals surface area contributed by atoms with Crippen molar-refractivity contribution in [1.82, 2.24) is 5.32 Å². The summed E-state index contributed by atoms with van der Waals surface area (Å²) in [5.74, 6) is -0.0919. The van der Waals surface area contributed by atoms with Crippen molar-refractivity contribution in [1.29, 1.82) is 0 Å². The second-order valence-corrected chi connectivity index (χ2v) is 5.53. The van der Waals surface area contributed by atoms with Crippen LogP contribution < -0.4 is 16.0 Å². The van der Waals surface area contributed by atoms with Gasteiger partial charge in [0.05, 0.1) is 6.42 Å². The predicted molar refractivity (Wildman–Crippen MR) is 97.1 cm³/mol. The largest absolute Gasteiger partial charge is 0.338 e. The smallest absolute Gasteiger partial charge is 0.319 e. The van der Waals surface area contributed by atoms with Crippen molar-refractivity contribution >= 4 is 23.3 Å². The molecule has 3 N–H and O–H groups in total. The molecule has 0 saturated carbocycles. The van der Waals surface area contributed by atoms with Crippen LogP contribution in [0.15, 0.2) is 54.6 Å². The summed E-state index contributed by atoms with van der Waals surface area (Å²) >= 11 is 0. The minimum Gasteiger partial charge on any atom is -0.338 e. The normalized spacial score (nSPS) is 10.0. The first-order valence-electron chi connectivity index (χ1n) is 8.16. The minimum atomic E-state index is -0.227. The van der Waals surface area contributed by atoms with Gasteiger partial charge in [-0.25, -0.2) is 4.79 Å². The summed E-state index contributed by atoms with van der Waals surface area (Å²) in [4.78, 5) is 23.8. The van der Waals surface area contributed by atoms with Crippen molar-refractivity contribution in [3.8, 4) is 0 Å². The molecule has 3 amide bonds. The van der Waals surface area contributed by atoms with Crippen LogP contribution in [0.25, 0.3) is 0 Å². The Bertz CT molecular complexity index is 671. The average Bonchev–Trinajstić information content (AvgIpc) is 2.56. The molecule has 2 rings (SSSR count). The monoisotopic (exact) mass is 325 g/mol. The van der Waals surface area contributed by atoms with Gasteiger partial charge in [-0.15, -0.1) is 0 Å². The molecule has 0 aliphatic heterocycles. The molecule has 0 unspecified atom stereocenters. The van der Waals surface area contributed by atoms with E-state index < -0.39 is 0 Å². The Labute approximate surface area is 142 Å². The average molecular weight is 325 g/mol. The van der Waals surface area contributed by atoms with Crippen LogP contribution in [0.1, 0.15) is 25.3 Å². The number of unbranched alkanes of at least 4 members (excludes halogenated alkanes) is 1. The fourth-order valence-corrected chi connectivity index (χ4v) is 2.23. The quantitative estimate of drug-likeness (QED) is 0.678. The van der Waals surface area contributed by atoms with E-state index in [0.717, 1.165) is 24.1 Å². The molecule has 5 nitrogen and oxygen atoms in total. The van der Waals surface area contributed by atoms with Gasteiger partial charge in [-0.1, -0.05) is 43.7 Å². The molecule has 0 radical (unpaired) electrons. The maximum absolute atomic E-state index is 12.1. The Kier molecular flexibility index (Phi) is 6.83. The number of nitrogens with one attached hydrogen (secondary N) is 3. The topological polar surface area (TPSA) is 70.2 Å². The van der Waals surface area contributed by atoms with E-state index in [2.05, 4.69) is 22.9 Å². The maximum atomic E-state index is 12.1. The van der Waals surface area contributed by atoms with Gasteiger partial charge in [-0.05, 0) is 36.2 Å². The Morgan fingerprint density at radius 3 is 2.42 bits per heavy atom. The molecule has 24 heavy (non-hydrogen) atoms. The van der Waals surface area contributed by atoms with Crippen molar-refractivity contribution in [2.24, 2.45) is 0 Å². The third-order valence-corrected chi connectivity index (χ3v) is 3.42. The molecule has 0 atom stereocenters. The van der Waals surface area contributed by atoms with E-state index in [-0.39, 0.29) is 18.4 Å².